The van der Waals surface area contributed by atoms with Gasteiger partial charge in [0.25, 0.3) is 0 Å². The molecule has 4 heteroatoms. The van der Waals surface area contributed by atoms with Gasteiger partial charge in [-0.05, 0) is 81.3 Å². The number of phenolic OH excluding ortho intramolecular Hbond substituents is 1. The second-order valence-corrected chi connectivity index (χ2v) is 7.57. The van der Waals surface area contributed by atoms with Crippen LogP contribution in [0.1, 0.15) is 50.5 Å². The summed E-state index contributed by atoms with van der Waals surface area (Å²) in [7, 11) is 0. The molecule has 0 radical (unpaired) electrons. The minimum absolute atomic E-state index is 0.0929. The fourth-order valence-electron chi connectivity index (χ4n) is 3.70. The molecule has 3 rings (SSSR count). The van der Waals surface area contributed by atoms with Crippen molar-refractivity contribution in [1.29, 1.82) is 0 Å². The number of hydrogen-bond acceptors (Lipinski definition) is 3. The summed E-state index contributed by atoms with van der Waals surface area (Å²) in [6.07, 6.45) is 5.78. The predicted octanol–water partition coefficient (Wildman–Crippen LogP) is 3.12. The summed E-state index contributed by atoms with van der Waals surface area (Å²) in [5.74, 6) is 1.72. The maximum Gasteiger partial charge on any atom is 0.223 e. The molecule has 2 N–H and O–H groups in total. The van der Waals surface area contributed by atoms with E-state index in [0.29, 0.717) is 0 Å². The van der Waals surface area contributed by atoms with E-state index in [9.17, 15) is 9.90 Å². The zero-order valence-electron chi connectivity index (χ0n) is 14.7. The lowest BCUT2D eigenvalue weighted by Crippen LogP contribution is -2.34. The molecule has 2 fully saturated rings. The van der Waals surface area contributed by atoms with Gasteiger partial charge in [-0.1, -0.05) is 19.1 Å². The Labute approximate surface area is 145 Å². The van der Waals surface area contributed by atoms with E-state index < -0.39 is 0 Å². The Kier molecular flexibility index (Phi) is 5.77. The van der Waals surface area contributed by atoms with Gasteiger partial charge in [0.2, 0.25) is 5.91 Å². The van der Waals surface area contributed by atoms with E-state index in [0.717, 1.165) is 43.8 Å². The Morgan fingerprint density at radius 3 is 2.83 bits per heavy atom. The van der Waals surface area contributed by atoms with Gasteiger partial charge in [-0.2, -0.15) is 0 Å². The first kappa shape index (κ1) is 17.3. The minimum atomic E-state index is 0.0929. The largest absolute Gasteiger partial charge is 0.508 e. The van der Waals surface area contributed by atoms with Crippen LogP contribution in [-0.2, 0) is 4.79 Å². The van der Waals surface area contributed by atoms with Gasteiger partial charge in [-0.15, -0.1) is 0 Å². The SMILES string of the molecule is CC1CCN(CCCCNC(=O)[C@H]2C[C@H]2c2cccc(O)c2)CC1. The summed E-state index contributed by atoms with van der Waals surface area (Å²) in [4.78, 5) is 14.7. The summed E-state index contributed by atoms with van der Waals surface area (Å²) in [5, 5.41) is 12.6. The van der Waals surface area contributed by atoms with Crippen LogP contribution in [0.4, 0.5) is 0 Å². The topological polar surface area (TPSA) is 52.6 Å². The number of phenols is 1. The monoisotopic (exact) mass is 330 g/mol. The first-order chi connectivity index (χ1) is 11.6. The molecule has 1 aromatic carbocycles. The average Bonchev–Trinajstić information content (AvgIpc) is 3.37. The normalized spacial score (nSPS) is 24.7. The predicted molar refractivity (Wildman–Crippen MR) is 96.0 cm³/mol. The number of hydrogen-bond donors (Lipinski definition) is 2. The van der Waals surface area contributed by atoms with E-state index >= 15 is 0 Å². The van der Waals surface area contributed by atoms with Crippen molar-refractivity contribution in [2.24, 2.45) is 11.8 Å². The van der Waals surface area contributed by atoms with Crippen LogP contribution in [0.25, 0.3) is 0 Å². The van der Waals surface area contributed by atoms with Crippen LogP contribution in [-0.4, -0.2) is 42.1 Å². The standard InChI is InChI=1S/C20H30N2O2/c1-15-7-11-22(12-8-15)10-3-2-9-21-20(24)19-14-18(19)16-5-4-6-17(23)13-16/h4-6,13,15,18-19,23H,2-3,7-12,14H2,1H3,(H,21,24)/t18-,19-/m0/s1. The van der Waals surface area contributed by atoms with Crippen molar-refractivity contribution in [3.05, 3.63) is 29.8 Å². The molecule has 1 saturated carbocycles. The molecular weight excluding hydrogens is 300 g/mol. The molecule has 2 atom stereocenters. The molecule has 1 saturated heterocycles. The van der Waals surface area contributed by atoms with E-state index in [4.69, 9.17) is 0 Å². The second kappa shape index (κ2) is 8.02. The van der Waals surface area contributed by atoms with E-state index in [1.54, 1.807) is 12.1 Å². The third-order valence-electron chi connectivity index (χ3n) is 5.50. The molecular formula is C20H30N2O2. The highest BCUT2D eigenvalue weighted by atomic mass is 16.3. The van der Waals surface area contributed by atoms with Crippen molar-refractivity contribution in [2.45, 2.75) is 44.9 Å². The van der Waals surface area contributed by atoms with Crippen LogP contribution >= 0.6 is 0 Å². The Balaban J connectivity index is 1.28. The molecule has 1 heterocycles. The van der Waals surface area contributed by atoms with Crippen molar-refractivity contribution in [3.63, 3.8) is 0 Å². The molecule has 24 heavy (non-hydrogen) atoms. The van der Waals surface area contributed by atoms with Crippen molar-refractivity contribution < 1.29 is 9.90 Å². The fraction of sp³-hybridized carbons (Fsp3) is 0.650. The summed E-state index contributed by atoms with van der Waals surface area (Å²) in [6, 6.07) is 7.29. The molecule has 2 aliphatic rings. The van der Waals surface area contributed by atoms with Gasteiger partial charge in [0.15, 0.2) is 0 Å². The summed E-state index contributed by atoms with van der Waals surface area (Å²) >= 11 is 0. The van der Waals surface area contributed by atoms with Gasteiger partial charge in [0, 0.05) is 12.5 Å². The van der Waals surface area contributed by atoms with Crippen LogP contribution in [0.2, 0.25) is 0 Å². The molecule has 1 aliphatic carbocycles. The highest BCUT2D eigenvalue weighted by Gasteiger charge is 2.43. The number of carbonyl (C=O) groups is 1. The Morgan fingerprint density at radius 2 is 2.08 bits per heavy atom. The Morgan fingerprint density at radius 1 is 1.29 bits per heavy atom. The van der Waals surface area contributed by atoms with Crippen LogP contribution in [0.15, 0.2) is 24.3 Å². The number of nitrogens with one attached hydrogen (secondary N) is 1. The molecule has 0 bridgehead atoms. The van der Waals surface area contributed by atoms with Crippen LogP contribution in [0, 0.1) is 11.8 Å². The van der Waals surface area contributed by atoms with Crippen molar-refractivity contribution in [2.75, 3.05) is 26.2 Å². The lowest BCUT2D eigenvalue weighted by atomic mass is 9.99. The van der Waals surface area contributed by atoms with Crippen molar-refractivity contribution in [3.8, 4) is 5.75 Å². The summed E-state index contributed by atoms with van der Waals surface area (Å²) in [6.45, 7) is 6.77. The molecule has 1 amide bonds. The summed E-state index contributed by atoms with van der Waals surface area (Å²) in [5.41, 5.74) is 1.08. The molecule has 4 nitrogen and oxygen atoms in total. The highest BCUT2D eigenvalue weighted by Crippen LogP contribution is 2.48. The van der Waals surface area contributed by atoms with Crippen molar-refractivity contribution >= 4 is 5.91 Å². The quantitative estimate of drug-likeness (QED) is 0.755. The van der Waals surface area contributed by atoms with E-state index in [-0.39, 0.29) is 23.5 Å². The molecule has 0 spiro atoms. The van der Waals surface area contributed by atoms with E-state index in [2.05, 4.69) is 17.1 Å². The summed E-state index contributed by atoms with van der Waals surface area (Å²) < 4.78 is 0. The zero-order chi connectivity index (χ0) is 16.9. The fourth-order valence-corrected chi connectivity index (χ4v) is 3.70. The number of carbonyl (C=O) groups excluding carboxylic acids is 1. The Bertz CT molecular complexity index is 552. The lowest BCUT2D eigenvalue weighted by Gasteiger charge is -2.30. The molecule has 0 unspecified atom stereocenters. The smallest absolute Gasteiger partial charge is 0.223 e. The lowest BCUT2D eigenvalue weighted by molar-refractivity contribution is -0.122. The number of nitrogens with zero attached hydrogens (tertiary/aromatic N) is 1. The maximum absolute atomic E-state index is 12.2. The average molecular weight is 330 g/mol. The van der Waals surface area contributed by atoms with E-state index in [1.165, 1.54) is 25.9 Å². The first-order valence-electron chi connectivity index (χ1n) is 9.42. The number of likely N-dealkylation sites (tertiary alicyclic amines) is 1. The molecule has 132 valence electrons. The third-order valence-corrected chi connectivity index (χ3v) is 5.50. The van der Waals surface area contributed by atoms with Gasteiger partial charge in [-0.3, -0.25) is 4.79 Å². The highest BCUT2D eigenvalue weighted by molar-refractivity contribution is 5.82. The number of benzene rings is 1. The minimum Gasteiger partial charge on any atom is -0.508 e. The van der Waals surface area contributed by atoms with Gasteiger partial charge < -0.3 is 15.3 Å². The number of aromatic hydroxyl groups is 1. The Hall–Kier alpha value is -1.55. The first-order valence-corrected chi connectivity index (χ1v) is 9.42. The van der Waals surface area contributed by atoms with Crippen LogP contribution in [0.5, 0.6) is 5.75 Å². The molecule has 1 aromatic rings. The molecule has 1 aliphatic heterocycles. The van der Waals surface area contributed by atoms with Crippen LogP contribution in [0.3, 0.4) is 0 Å². The van der Waals surface area contributed by atoms with Gasteiger partial charge in [-0.25, -0.2) is 0 Å². The van der Waals surface area contributed by atoms with Gasteiger partial charge in [0.05, 0.1) is 0 Å². The second-order valence-electron chi connectivity index (χ2n) is 7.57. The van der Waals surface area contributed by atoms with Gasteiger partial charge in [0.1, 0.15) is 5.75 Å². The molecule has 0 aromatic heterocycles. The van der Waals surface area contributed by atoms with Gasteiger partial charge >= 0.3 is 0 Å². The number of amides is 1. The zero-order valence-corrected chi connectivity index (χ0v) is 14.7. The maximum atomic E-state index is 12.2. The number of piperidine rings is 1. The van der Waals surface area contributed by atoms with Crippen LogP contribution < -0.4 is 5.32 Å². The number of rotatable bonds is 7. The van der Waals surface area contributed by atoms with Crippen molar-refractivity contribution in [1.82, 2.24) is 10.2 Å². The van der Waals surface area contributed by atoms with E-state index in [1.807, 2.05) is 12.1 Å². The number of unbranched alkanes of at least 4 members (excludes halogenated alkanes) is 1. The third kappa shape index (κ3) is 4.73.